The average molecular weight is 268 g/mol. The highest BCUT2D eigenvalue weighted by Gasteiger charge is 2.05. The van der Waals surface area contributed by atoms with Crippen LogP contribution in [0.5, 0.6) is 0 Å². The average Bonchev–Trinajstić information content (AvgIpc) is 2.63. The largest absolute Gasteiger partial charge is 0.399 e. The minimum absolute atomic E-state index is 0. The molecule has 0 unspecified atom stereocenters. The van der Waals surface area contributed by atoms with E-state index < -0.39 is 0 Å². The molecule has 0 saturated carbocycles. The van der Waals surface area contributed by atoms with Crippen molar-refractivity contribution in [1.29, 1.82) is 0 Å². The van der Waals surface area contributed by atoms with Crippen LogP contribution in [0.4, 0.5) is 5.69 Å². The second-order valence-corrected chi connectivity index (χ2v) is 4.35. The Labute approximate surface area is 113 Å². The lowest BCUT2D eigenvalue weighted by atomic mass is 10.2. The third-order valence-corrected chi connectivity index (χ3v) is 2.51. The molecular weight excluding hydrogens is 250 g/mol. The van der Waals surface area contributed by atoms with Gasteiger partial charge < -0.3 is 10.3 Å². The summed E-state index contributed by atoms with van der Waals surface area (Å²) in [5.74, 6) is 0.845. The molecule has 0 atom stereocenters. The lowest BCUT2D eigenvalue weighted by Gasteiger charge is -2.15. The van der Waals surface area contributed by atoms with Crippen LogP contribution in [0.2, 0.25) is 0 Å². The van der Waals surface area contributed by atoms with Crippen molar-refractivity contribution in [2.45, 2.75) is 20.0 Å². The van der Waals surface area contributed by atoms with E-state index in [2.05, 4.69) is 16.1 Å². The van der Waals surface area contributed by atoms with Crippen molar-refractivity contribution in [3.8, 4) is 0 Å². The van der Waals surface area contributed by atoms with Crippen LogP contribution in [-0.2, 0) is 13.1 Å². The highest BCUT2D eigenvalue weighted by atomic mass is 35.5. The van der Waals surface area contributed by atoms with Crippen molar-refractivity contribution in [2.24, 2.45) is 0 Å². The molecule has 0 radical (unpaired) electrons. The lowest BCUT2D eigenvalue weighted by molar-refractivity contribution is 0.302. The van der Waals surface area contributed by atoms with E-state index in [1.54, 1.807) is 0 Å². The Kier molecular flexibility index (Phi) is 5.19. The van der Waals surface area contributed by atoms with Crippen LogP contribution >= 0.6 is 12.4 Å². The fourth-order valence-corrected chi connectivity index (χ4v) is 1.83. The van der Waals surface area contributed by atoms with Crippen molar-refractivity contribution in [3.63, 3.8) is 0 Å². The van der Waals surface area contributed by atoms with Crippen molar-refractivity contribution >= 4 is 18.1 Å². The van der Waals surface area contributed by atoms with Gasteiger partial charge in [-0.15, -0.1) is 12.4 Å². The molecule has 0 spiro atoms. The van der Waals surface area contributed by atoms with Crippen molar-refractivity contribution in [3.05, 3.63) is 47.3 Å². The van der Waals surface area contributed by atoms with Crippen molar-refractivity contribution < 1.29 is 4.52 Å². The number of benzene rings is 1. The zero-order chi connectivity index (χ0) is 12.3. The van der Waals surface area contributed by atoms with Crippen molar-refractivity contribution in [1.82, 2.24) is 10.1 Å². The number of halogens is 1. The Balaban J connectivity index is 0.00000162. The van der Waals surface area contributed by atoms with E-state index in [4.69, 9.17) is 10.3 Å². The number of hydrogen-bond acceptors (Lipinski definition) is 4. The molecule has 0 fully saturated rings. The van der Waals surface area contributed by atoms with E-state index in [0.29, 0.717) is 0 Å². The maximum atomic E-state index is 5.74. The van der Waals surface area contributed by atoms with Gasteiger partial charge >= 0.3 is 0 Å². The standard InChI is InChI=1S/C13H17N3O.ClH/c1-10-6-13(15-17-10)9-16(2)8-11-4-3-5-12(14)7-11;/h3-7H,8-9,14H2,1-2H3;1H. The summed E-state index contributed by atoms with van der Waals surface area (Å²) in [4.78, 5) is 2.17. The summed E-state index contributed by atoms with van der Waals surface area (Å²) in [5, 5.41) is 3.97. The third-order valence-electron chi connectivity index (χ3n) is 2.51. The number of rotatable bonds is 4. The minimum Gasteiger partial charge on any atom is -0.399 e. The molecule has 0 aliphatic heterocycles. The maximum absolute atomic E-state index is 5.74. The first-order chi connectivity index (χ1) is 8.13. The summed E-state index contributed by atoms with van der Waals surface area (Å²) in [6.07, 6.45) is 0. The highest BCUT2D eigenvalue weighted by molar-refractivity contribution is 5.85. The monoisotopic (exact) mass is 267 g/mol. The van der Waals surface area contributed by atoms with Gasteiger partial charge in [0.05, 0.1) is 5.69 Å². The number of hydrogen-bond donors (Lipinski definition) is 1. The molecular formula is C13H18ClN3O. The van der Waals surface area contributed by atoms with Gasteiger partial charge in [-0.3, -0.25) is 4.90 Å². The Hall–Kier alpha value is -1.52. The SMILES string of the molecule is Cc1cc(CN(C)Cc2cccc(N)c2)no1.Cl. The fraction of sp³-hybridized carbons (Fsp3) is 0.308. The fourth-order valence-electron chi connectivity index (χ4n) is 1.83. The molecule has 2 N–H and O–H groups in total. The second-order valence-electron chi connectivity index (χ2n) is 4.35. The number of nitrogens with two attached hydrogens (primary N) is 1. The first-order valence-corrected chi connectivity index (χ1v) is 5.58. The molecule has 1 aromatic carbocycles. The van der Waals surface area contributed by atoms with Gasteiger partial charge in [-0.2, -0.15) is 0 Å². The van der Waals surface area contributed by atoms with Crippen LogP contribution in [0.25, 0.3) is 0 Å². The van der Waals surface area contributed by atoms with Crippen LogP contribution < -0.4 is 5.73 Å². The van der Waals surface area contributed by atoms with Crippen LogP contribution in [0, 0.1) is 6.92 Å². The Bertz CT molecular complexity index is 498. The van der Waals surface area contributed by atoms with Crippen LogP contribution in [0.1, 0.15) is 17.0 Å². The van der Waals surface area contributed by atoms with E-state index in [9.17, 15) is 0 Å². The normalized spacial score (nSPS) is 10.4. The third kappa shape index (κ3) is 4.05. The molecule has 1 aromatic heterocycles. The lowest BCUT2D eigenvalue weighted by Crippen LogP contribution is -2.17. The molecule has 2 aromatic rings. The number of aromatic nitrogens is 1. The molecule has 0 saturated heterocycles. The van der Waals surface area contributed by atoms with E-state index in [-0.39, 0.29) is 12.4 Å². The summed E-state index contributed by atoms with van der Waals surface area (Å²) >= 11 is 0. The Morgan fingerprint density at radius 2 is 2.06 bits per heavy atom. The van der Waals surface area contributed by atoms with Gasteiger partial charge in [0.25, 0.3) is 0 Å². The van der Waals surface area contributed by atoms with Crippen LogP contribution in [0.3, 0.4) is 0 Å². The Morgan fingerprint density at radius 3 is 2.67 bits per heavy atom. The van der Waals surface area contributed by atoms with Gasteiger partial charge in [-0.05, 0) is 31.7 Å². The topological polar surface area (TPSA) is 55.3 Å². The number of anilines is 1. The molecule has 0 amide bonds. The summed E-state index contributed by atoms with van der Waals surface area (Å²) < 4.78 is 5.04. The van der Waals surface area contributed by atoms with Gasteiger partial charge in [0.1, 0.15) is 5.76 Å². The first-order valence-electron chi connectivity index (χ1n) is 5.58. The number of nitrogen functional groups attached to an aromatic ring is 1. The molecule has 0 aliphatic carbocycles. The summed E-state index contributed by atoms with van der Waals surface area (Å²) in [5.41, 5.74) is 8.70. The first kappa shape index (κ1) is 14.5. The molecule has 2 rings (SSSR count). The van der Waals surface area contributed by atoms with E-state index in [1.807, 2.05) is 38.2 Å². The Morgan fingerprint density at radius 1 is 1.28 bits per heavy atom. The van der Waals surface area contributed by atoms with Crippen LogP contribution in [0.15, 0.2) is 34.9 Å². The predicted molar refractivity (Wildman–Crippen MR) is 74.5 cm³/mol. The molecule has 4 nitrogen and oxygen atoms in total. The van der Waals surface area contributed by atoms with Crippen LogP contribution in [-0.4, -0.2) is 17.1 Å². The quantitative estimate of drug-likeness (QED) is 0.866. The summed E-state index contributed by atoms with van der Waals surface area (Å²) in [6.45, 7) is 3.51. The molecule has 18 heavy (non-hydrogen) atoms. The molecule has 0 aliphatic rings. The molecule has 1 heterocycles. The number of nitrogens with zero attached hydrogens (tertiary/aromatic N) is 2. The second kappa shape index (κ2) is 6.42. The van der Waals surface area contributed by atoms with Gasteiger partial charge in [0.15, 0.2) is 0 Å². The highest BCUT2D eigenvalue weighted by Crippen LogP contribution is 2.11. The maximum Gasteiger partial charge on any atom is 0.133 e. The summed E-state index contributed by atoms with van der Waals surface area (Å²) in [7, 11) is 2.05. The van der Waals surface area contributed by atoms with E-state index >= 15 is 0 Å². The molecule has 5 heteroatoms. The van der Waals surface area contributed by atoms with E-state index in [0.717, 1.165) is 30.2 Å². The van der Waals surface area contributed by atoms with Gasteiger partial charge in [-0.1, -0.05) is 17.3 Å². The molecule has 98 valence electrons. The smallest absolute Gasteiger partial charge is 0.133 e. The summed E-state index contributed by atoms with van der Waals surface area (Å²) in [6, 6.07) is 9.88. The van der Waals surface area contributed by atoms with Gasteiger partial charge in [-0.25, -0.2) is 0 Å². The van der Waals surface area contributed by atoms with Gasteiger partial charge in [0, 0.05) is 24.8 Å². The predicted octanol–water partition coefficient (Wildman–Crippen LogP) is 2.62. The zero-order valence-electron chi connectivity index (χ0n) is 10.6. The zero-order valence-corrected chi connectivity index (χ0v) is 11.4. The number of aryl methyl sites for hydroxylation is 1. The van der Waals surface area contributed by atoms with E-state index in [1.165, 1.54) is 5.56 Å². The molecule has 0 bridgehead atoms. The van der Waals surface area contributed by atoms with Crippen molar-refractivity contribution in [2.75, 3.05) is 12.8 Å². The minimum atomic E-state index is 0. The van der Waals surface area contributed by atoms with Gasteiger partial charge in [0.2, 0.25) is 0 Å².